The van der Waals surface area contributed by atoms with Crippen LogP contribution in [0.15, 0.2) is 59.3 Å². The zero-order valence-corrected chi connectivity index (χ0v) is 18.2. The van der Waals surface area contributed by atoms with Gasteiger partial charge in [0.2, 0.25) is 0 Å². The first kappa shape index (κ1) is 20.8. The van der Waals surface area contributed by atoms with Crippen LogP contribution in [0.3, 0.4) is 0 Å². The lowest BCUT2D eigenvalue weighted by molar-refractivity contribution is 0.0950. The van der Waals surface area contributed by atoms with E-state index < -0.39 is 0 Å². The van der Waals surface area contributed by atoms with Gasteiger partial charge < -0.3 is 9.73 Å². The molecule has 0 aliphatic heterocycles. The predicted octanol–water partition coefficient (Wildman–Crippen LogP) is 5.87. The Bertz CT molecular complexity index is 958. The minimum atomic E-state index is -0.0872. The SMILES string of the molecule is CC(C)(C)c1cc(C(=O)NCc2cccnc2-c2ccco2)cc(C(C)(C)C)c1. The summed E-state index contributed by atoms with van der Waals surface area (Å²) in [5.74, 6) is 0.607. The van der Waals surface area contributed by atoms with Crippen molar-refractivity contribution >= 4 is 5.91 Å². The Balaban J connectivity index is 1.87. The minimum Gasteiger partial charge on any atom is -0.463 e. The van der Waals surface area contributed by atoms with Crippen molar-refractivity contribution in [2.75, 3.05) is 0 Å². The molecule has 1 aromatic carbocycles. The van der Waals surface area contributed by atoms with Crippen molar-refractivity contribution in [3.05, 3.63) is 77.2 Å². The number of hydrogen-bond acceptors (Lipinski definition) is 3. The van der Waals surface area contributed by atoms with E-state index in [1.165, 1.54) is 0 Å². The molecule has 1 amide bonds. The fourth-order valence-electron chi connectivity index (χ4n) is 3.12. The molecular formula is C25H30N2O2. The molecule has 2 aromatic heterocycles. The summed E-state index contributed by atoms with van der Waals surface area (Å²) >= 11 is 0. The van der Waals surface area contributed by atoms with Crippen molar-refractivity contribution in [2.45, 2.75) is 58.9 Å². The molecule has 4 nitrogen and oxygen atoms in total. The van der Waals surface area contributed by atoms with E-state index in [1.54, 1.807) is 12.5 Å². The van der Waals surface area contributed by atoms with Crippen molar-refractivity contribution in [3.8, 4) is 11.5 Å². The Morgan fingerprint density at radius 2 is 1.62 bits per heavy atom. The summed E-state index contributed by atoms with van der Waals surface area (Å²) in [6.07, 6.45) is 3.35. The number of nitrogens with zero attached hydrogens (tertiary/aromatic N) is 1. The number of furan rings is 1. The lowest BCUT2D eigenvalue weighted by Gasteiger charge is -2.26. The fourth-order valence-corrected chi connectivity index (χ4v) is 3.12. The Hall–Kier alpha value is -2.88. The molecule has 0 saturated carbocycles. The van der Waals surface area contributed by atoms with Gasteiger partial charge in [-0.25, -0.2) is 0 Å². The molecule has 2 heterocycles. The average molecular weight is 391 g/mol. The van der Waals surface area contributed by atoms with E-state index in [1.807, 2.05) is 36.4 Å². The summed E-state index contributed by atoms with van der Waals surface area (Å²) < 4.78 is 5.48. The highest BCUT2D eigenvalue weighted by molar-refractivity contribution is 5.94. The molecule has 152 valence electrons. The standard InChI is InChI=1S/C25H30N2O2/c1-24(2,3)19-13-18(14-20(15-19)25(4,5)6)23(28)27-16-17-9-7-11-26-22(17)21-10-8-12-29-21/h7-15H,16H2,1-6H3,(H,27,28). The fraction of sp³-hybridized carbons (Fsp3) is 0.360. The maximum Gasteiger partial charge on any atom is 0.251 e. The molecule has 0 saturated heterocycles. The van der Waals surface area contributed by atoms with Gasteiger partial charge in [-0.2, -0.15) is 0 Å². The zero-order valence-electron chi connectivity index (χ0n) is 18.2. The number of pyridine rings is 1. The highest BCUT2D eigenvalue weighted by Gasteiger charge is 2.22. The smallest absolute Gasteiger partial charge is 0.251 e. The number of benzene rings is 1. The van der Waals surface area contributed by atoms with Gasteiger partial charge in [0.1, 0.15) is 5.69 Å². The number of aromatic nitrogens is 1. The average Bonchev–Trinajstić information content (AvgIpc) is 3.19. The molecule has 29 heavy (non-hydrogen) atoms. The van der Waals surface area contributed by atoms with E-state index in [2.05, 4.69) is 57.9 Å². The Morgan fingerprint density at radius 1 is 0.966 bits per heavy atom. The van der Waals surface area contributed by atoms with Crippen LogP contribution >= 0.6 is 0 Å². The zero-order chi connectivity index (χ0) is 21.2. The number of amides is 1. The Labute approximate surface area is 173 Å². The molecule has 0 spiro atoms. The van der Waals surface area contributed by atoms with Gasteiger partial charge in [-0.15, -0.1) is 0 Å². The van der Waals surface area contributed by atoms with Crippen LogP contribution in [0.2, 0.25) is 0 Å². The first-order valence-corrected chi connectivity index (χ1v) is 9.98. The van der Waals surface area contributed by atoms with E-state index in [4.69, 9.17) is 4.42 Å². The molecule has 0 fully saturated rings. The normalized spacial score (nSPS) is 12.1. The third kappa shape index (κ3) is 4.94. The van der Waals surface area contributed by atoms with Gasteiger partial charge in [-0.05, 0) is 52.3 Å². The van der Waals surface area contributed by atoms with E-state index in [9.17, 15) is 4.79 Å². The first-order chi connectivity index (χ1) is 13.6. The molecule has 0 aliphatic rings. The summed E-state index contributed by atoms with van der Waals surface area (Å²) in [7, 11) is 0. The van der Waals surface area contributed by atoms with Crippen molar-refractivity contribution in [1.82, 2.24) is 10.3 Å². The van der Waals surface area contributed by atoms with Crippen molar-refractivity contribution in [1.29, 1.82) is 0 Å². The first-order valence-electron chi connectivity index (χ1n) is 9.98. The van der Waals surface area contributed by atoms with Gasteiger partial charge in [0.25, 0.3) is 5.91 Å². The number of carbonyl (C=O) groups is 1. The third-order valence-electron chi connectivity index (χ3n) is 5.01. The lowest BCUT2D eigenvalue weighted by Crippen LogP contribution is -2.25. The summed E-state index contributed by atoms with van der Waals surface area (Å²) in [6.45, 7) is 13.4. The third-order valence-corrected chi connectivity index (χ3v) is 5.01. The second kappa shape index (κ2) is 7.86. The highest BCUT2D eigenvalue weighted by atomic mass is 16.3. The molecular weight excluding hydrogens is 360 g/mol. The summed E-state index contributed by atoms with van der Waals surface area (Å²) in [5, 5.41) is 3.05. The number of rotatable bonds is 4. The molecule has 0 atom stereocenters. The van der Waals surface area contributed by atoms with E-state index >= 15 is 0 Å². The van der Waals surface area contributed by atoms with Crippen LogP contribution in [-0.4, -0.2) is 10.9 Å². The van der Waals surface area contributed by atoms with Gasteiger partial charge in [-0.1, -0.05) is 53.7 Å². The highest BCUT2D eigenvalue weighted by Crippen LogP contribution is 2.30. The van der Waals surface area contributed by atoms with Crippen LogP contribution in [0.25, 0.3) is 11.5 Å². The molecule has 3 rings (SSSR count). The van der Waals surface area contributed by atoms with Gasteiger partial charge >= 0.3 is 0 Å². The molecule has 4 heteroatoms. The molecule has 0 aliphatic carbocycles. The summed E-state index contributed by atoms with van der Waals surface area (Å²) in [6, 6.07) is 13.7. The second-order valence-corrected chi connectivity index (χ2v) is 9.47. The van der Waals surface area contributed by atoms with Crippen LogP contribution < -0.4 is 5.32 Å². The van der Waals surface area contributed by atoms with Gasteiger partial charge in [0, 0.05) is 23.9 Å². The molecule has 1 N–H and O–H groups in total. The molecule has 0 radical (unpaired) electrons. The quantitative estimate of drug-likeness (QED) is 0.606. The lowest BCUT2D eigenvalue weighted by atomic mass is 9.79. The van der Waals surface area contributed by atoms with Gasteiger partial charge in [-0.3, -0.25) is 9.78 Å². The van der Waals surface area contributed by atoms with Crippen LogP contribution in [-0.2, 0) is 17.4 Å². The molecule has 0 unspecified atom stereocenters. The number of hydrogen-bond donors (Lipinski definition) is 1. The van der Waals surface area contributed by atoms with E-state index in [0.717, 1.165) is 22.4 Å². The van der Waals surface area contributed by atoms with Crippen molar-refractivity contribution < 1.29 is 9.21 Å². The molecule has 3 aromatic rings. The summed E-state index contributed by atoms with van der Waals surface area (Å²) in [4.78, 5) is 17.4. The topological polar surface area (TPSA) is 55.1 Å². The van der Waals surface area contributed by atoms with Gasteiger partial charge in [0.15, 0.2) is 5.76 Å². The Kier molecular flexibility index (Phi) is 5.65. The monoisotopic (exact) mass is 390 g/mol. The largest absolute Gasteiger partial charge is 0.463 e. The van der Waals surface area contributed by atoms with E-state index in [-0.39, 0.29) is 16.7 Å². The van der Waals surface area contributed by atoms with Crippen LogP contribution in [0.5, 0.6) is 0 Å². The number of carbonyl (C=O) groups excluding carboxylic acids is 1. The van der Waals surface area contributed by atoms with Crippen molar-refractivity contribution in [2.24, 2.45) is 0 Å². The predicted molar refractivity (Wildman–Crippen MR) is 117 cm³/mol. The van der Waals surface area contributed by atoms with Gasteiger partial charge in [0.05, 0.1) is 6.26 Å². The van der Waals surface area contributed by atoms with Crippen LogP contribution in [0.1, 0.15) is 68.6 Å². The maximum absolute atomic E-state index is 13.0. The minimum absolute atomic E-state index is 0.0356. The number of nitrogens with one attached hydrogen (secondary N) is 1. The van der Waals surface area contributed by atoms with E-state index in [0.29, 0.717) is 17.9 Å². The molecule has 0 bridgehead atoms. The Morgan fingerprint density at radius 3 is 2.17 bits per heavy atom. The van der Waals surface area contributed by atoms with Crippen LogP contribution in [0, 0.1) is 0 Å². The second-order valence-electron chi connectivity index (χ2n) is 9.47. The van der Waals surface area contributed by atoms with Crippen LogP contribution in [0.4, 0.5) is 0 Å². The maximum atomic E-state index is 13.0. The van der Waals surface area contributed by atoms with Crippen molar-refractivity contribution in [3.63, 3.8) is 0 Å². The summed E-state index contributed by atoms with van der Waals surface area (Å²) in [5.41, 5.74) is 4.60.